The Labute approximate surface area is 215 Å². The van der Waals surface area contributed by atoms with Crippen molar-refractivity contribution in [2.75, 3.05) is 12.0 Å². The van der Waals surface area contributed by atoms with E-state index in [1.807, 2.05) is 62.4 Å². The van der Waals surface area contributed by atoms with Crippen LogP contribution in [0.3, 0.4) is 0 Å². The number of pyridine rings is 1. The molecule has 7 nitrogen and oxygen atoms in total. The molecule has 2 atom stereocenters. The van der Waals surface area contributed by atoms with Crippen LogP contribution >= 0.6 is 12.2 Å². The normalized spacial score (nSPS) is 17.2. The summed E-state index contributed by atoms with van der Waals surface area (Å²) in [6.45, 7) is 4.07. The van der Waals surface area contributed by atoms with Gasteiger partial charge in [-0.1, -0.05) is 24.3 Å². The van der Waals surface area contributed by atoms with Crippen LogP contribution in [0, 0.1) is 13.8 Å². The summed E-state index contributed by atoms with van der Waals surface area (Å²) in [5, 5.41) is 13.6. The molecule has 2 unspecified atom stereocenters. The van der Waals surface area contributed by atoms with Gasteiger partial charge < -0.3 is 24.6 Å². The molecule has 0 bridgehead atoms. The van der Waals surface area contributed by atoms with Crippen LogP contribution in [0.15, 0.2) is 79.0 Å². The molecule has 36 heavy (non-hydrogen) atoms. The Bertz CT molecular complexity index is 1450. The Morgan fingerprint density at radius 2 is 1.83 bits per heavy atom. The van der Waals surface area contributed by atoms with Gasteiger partial charge in [0.15, 0.2) is 5.11 Å². The van der Waals surface area contributed by atoms with E-state index in [4.69, 9.17) is 17.0 Å². The molecule has 0 spiro atoms. The van der Waals surface area contributed by atoms with E-state index in [1.165, 1.54) is 0 Å². The molecular weight excluding hydrogens is 472 g/mol. The highest BCUT2D eigenvalue weighted by atomic mass is 32.1. The molecule has 0 aliphatic carbocycles. The fourth-order valence-corrected chi connectivity index (χ4v) is 5.36. The summed E-state index contributed by atoms with van der Waals surface area (Å²) in [6, 6.07) is 22.4. The quantitative estimate of drug-likeness (QED) is 0.346. The minimum Gasteiger partial charge on any atom is -0.495 e. The summed E-state index contributed by atoms with van der Waals surface area (Å²) >= 11 is 5.87. The standard InChI is InChI=1S/C28H26N4O3S/c1-17-15-21(18(2)31(17)20-10-8-9-19(16-20)27(33)34)26-25(22-11-6-7-14-29-22)30-28(36)32(26)23-12-4-5-13-24(23)35-3/h4-16,25-26H,1-3H3,(H,30,36)(H,33,34). The highest BCUT2D eigenvalue weighted by molar-refractivity contribution is 7.80. The number of ether oxygens (including phenoxy) is 1. The molecule has 5 rings (SSSR count). The first-order chi connectivity index (χ1) is 17.4. The predicted molar refractivity (Wildman–Crippen MR) is 143 cm³/mol. The predicted octanol–water partition coefficient (Wildman–Crippen LogP) is 5.37. The minimum atomic E-state index is -0.956. The molecule has 0 saturated carbocycles. The van der Waals surface area contributed by atoms with Crippen molar-refractivity contribution < 1.29 is 14.6 Å². The fourth-order valence-electron chi connectivity index (χ4n) is 5.02. The second-order valence-corrected chi connectivity index (χ2v) is 9.07. The summed E-state index contributed by atoms with van der Waals surface area (Å²) in [5.41, 5.74) is 5.81. The van der Waals surface area contributed by atoms with Crippen LogP contribution in [-0.4, -0.2) is 32.8 Å². The first-order valence-corrected chi connectivity index (χ1v) is 12.0. The first kappa shape index (κ1) is 23.6. The average Bonchev–Trinajstić information content (AvgIpc) is 3.39. The topological polar surface area (TPSA) is 79.6 Å². The molecular formula is C28H26N4O3S. The molecule has 1 aliphatic rings. The number of aryl methyl sites for hydroxylation is 1. The Kier molecular flexibility index (Phi) is 6.20. The van der Waals surface area contributed by atoms with Gasteiger partial charge in [0.1, 0.15) is 5.75 Å². The number of aromatic carboxylic acids is 1. The smallest absolute Gasteiger partial charge is 0.335 e. The monoisotopic (exact) mass is 498 g/mol. The number of nitrogens with one attached hydrogen (secondary N) is 1. The van der Waals surface area contributed by atoms with Gasteiger partial charge in [0.2, 0.25) is 0 Å². The van der Waals surface area contributed by atoms with Crippen molar-refractivity contribution in [2.24, 2.45) is 0 Å². The van der Waals surface area contributed by atoms with E-state index in [1.54, 1.807) is 31.5 Å². The number of rotatable bonds is 6. The van der Waals surface area contributed by atoms with Gasteiger partial charge in [-0.2, -0.15) is 0 Å². The zero-order chi connectivity index (χ0) is 25.4. The van der Waals surface area contributed by atoms with Gasteiger partial charge in [0.05, 0.1) is 36.1 Å². The van der Waals surface area contributed by atoms with Crippen LogP contribution in [0.5, 0.6) is 5.75 Å². The molecule has 3 heterocycles. The van der Waals surface area contributed by atoms with Crippen molar-refractivity contribution in [1.29, 1.82) is 0 Å². The first-order valence-electron chi connectivity index (χ1n) is 11.6. The van der Waals surface area contributed by atoms with E-state index in [2.05, 4.69) is 25.8 Å². The Morgan fingerprint density at radius 3 is 2.56 bits per heavy atom. The van der Waals surface area contributed by atoms with E-state index in [0.29, 0.717) is 5.11 Å². The molecule has 1 saturated heterocycles. The highest BCUT2D eigenvalue weighted by Crippen LogP contribution is 2.46. The Hall–Kier alpha value is -4.17. The van der Waals surface area contributed by atoms with Crippen LogP contribution in [0.25, 0.3) is 5.69 Å². The number of para-hydroxylation sites is 2. The third-order valence-electron chi connectivity index (χ3n) is 6.58. The van der Waals surface area contributed by atoms with Crippen LogP contribution < -0.4 is 15.0 Å². The van der Waals surface area contributed by atoms with Crippen LogP contribution in [-0.2, 0) is 0 Å². The third-order valence-corrected chi connectivity index (χ3v) is 6.90. The number of carbonyl (C=O) groups is 1. The molecule has 4 aromatic rings. The number of aromatic nitrogens is 2. The molecule has 0 radical (unpaired) electrons. The largest absolute Gasteiger partial charge is 0.495 e. The number of hydrogen-bond acceptors (Lipinski definition) is 4. The number of benzene rings is 2. The molecule has 0 amide bonds. The Morgan fingerprint density at radius 1 is 1.06 bits per heavy atom. The number of thiocarbonyl (C=S) groups is 1. The maximum Gasteiger partial charge on any atom is 0.335 e. The average molecular weight is 499 g/mol. The van der Waals surface area contributed by atoms with Crippen LogP contribution in [0.1, 0.15) is 45.1 Å². The van der Waals surface area contributed by atoms with E-state index in [9.17, 15) is 9.90 Å². The van der Waals surface area contributed by atoms with E-state index < -0.39 is 5.97 Å². The number of methoxy groups -OCH3 is 1. The van der Waals surface area contributed by atoms with Crippen molar-refractivity contribution in [3.05, 3.63) is 107 Å². The maximum atomic E-state index is 11.6. The van der Waals surface area contributed by atoms with Crippen LogP contribution in [0.2, 0.25) is 0 Å². The lowest BCUT2D eigenvalue weighted by atomic mass is 9.96. The van der Waals surface area contributed by atoms with Crippen molar-refractivity contribution in [2.45, 2.75) is 25.9 Å². The summed E-state index contributed by atoms with van der Waals surface area (Å²) in [7, 11) is 1.65. The Balaban J connectivity index is 1.70. The number of nitrogens with zero attached hydrogens (tertiary/aromatic N) is 3. The summed E-state index contributed by atoms with van der Waals surface area (Å²) in [6.07, 6.45) is 1.78. The molecule has 8 heteroatoms. The van der Waals surface area contributed by atoms with E-state index >= 15 is 0 Å². The number of carboxylic acid groups (broad SMARTS) is 1. The lowest BCUT2D eigenvalue weighted by molar-refractivity contribution is 0.0697. The van der Waals surface area contributed by atoms with Gasteiger partial charge in [-0.05, 0) is 80.2 Å². The summed E-state index contributed by atoms with van der Waals surface area (Å²) in [4.78, 5) is 18.3. The maximum absolute atomic E-state index is 11.6. The SMILES string of the molecule is COc1ccccc1N1C(=S)NC(c2ccccn2)C1c1cc(C)n(-c2cccc(C(=O)O)c2)c1C. The summed E-state index contributed by atoms with van der Waals surface area (Å²) < 4.78 is 7.77. The molecule has 182 valence electrons. The van der Waals surface area contributed by atoms with Gasteiger partial charge >= 0.3 is 5.97 Å². The number of carboxylic acids is 1. The minimum absolute atomic E-state index is 0.206. The number of hydrogen-bond donors (Lipinski definition) is 2. The second-order valence-electron chi connectivity index (χ2n) is 8.69. The van der Waals surface area contributed by atoms with Gasteiger partial charge in [-0.25, -0.2) is 4.79 Å². The zero-order valence-electron chi connectivity index (χ0n) is 20.2. The van der Waals surface area contributed by atoms with Gasteiger partial charge in [-0.15, -0.1) is 0 Å². The van der Waals surface area contributed by atoms with Gasteiger partial charge in [0, 0.05) is 23.3 Å². The van der Waals surface area contributed by atoms with Crippen molar-refractivity contribution >= 4 is 29.0 Å². The fraction of sp³-hybridized carbons (Fsp3) is 0.179. The zero-order valence-corrected chi connectivity index (χ0v) is 21.0. The van der Waals surface area contributed by atoms with Crippen molar-refractivity contribution in [3.63, 3.8) is 0 Å². The van der Waals surface area contributed by atoms with E-state index in [0.717, 1.165) is 39.8 Å². The highest BCUT2D eigenvalue weighted by Gasteiger charge is 2.43. The van der Waals surface area contributed by atoms with Crippen molar-refractivity contribution in [3.8, 4) is 11.4 Å². The van der Waals surface area contributed by atoms with E-state index in [-0.39, 0.29) is 17.6 Å². The summed E-state index contributed by atoms with van der Waals surface area (Å²) in [5.74, 6) is -0.237. The molecule has 2 N–H and O–H groups in total. The third kappa shape index (κ3) is 3.99. The lowest BCUT2D eigenvalue weighted by Gasteiger charge is -2.29. The second kappa shape index (κ2) is 9.47. The van der Waals surface area contributed by atoms with Gasteiger partial charge in [0.25, 0.3) is 0 Å². The molecule has 2 aromatic heterocycles. The van der Waals surface area contributed by atoms with Crippen LogP contribution in [0.4, 0.5) is 5.69 Å². The molecule has 1 aliphatic heterocycles. The van der Waals surface area contributed by atoms with Crippen molar-refractivity contribution in [1.82, 2.24) is 14.9 Å². The molecule has 1 fully saturated rings. The lowest BCUT2D eigenvalue weighted by Crippen LogP contribution is -2.30. The number of anilines is 1. The molecule has 2 aromatic carbocycles. The van der Waals surface area contributed by atoms with Gasteiger partial charge in [-0.3, -0.25) is 4.98 Å².